The van der Waals surface area contributed by atoms with Crippen LogP contribution in [0.4, 0.5) is 0 Å². The largest absolute Gasteiger partial charge is 0.481 e. The molecule has 0 aliphatic heterocycles. The van der Waals surface area contributed by atoms with Crippen LogP contribution in [0.3, 0.4) is 0 Å². The molecule has 2 N–H and O–H groups in total. The van der Waals surface area contributed by atoms with Gasteiger partial charge in [-0.1, -0.05) is 12.1 Å². The predicted molar refractivity (Wildman–Crippen MR) is 61.5 cm³/mol. The molecule has 0 spiro atoms. The number of nitrogens with zero attached hydrogens (tertiary/aromatic N) is 1. The molecule has 1 aromatic carbocycles. The smallest absolute Gasteiger partial charge is 0.313 e. The molecule has 1 aromatic heterocycles. The lowest BCUT2D eigenvalue weighted by atomic mass is 9.82. The first-order valence-electron chi connectivity index (χ1n) is 5.12. The van der Waals surface area contributed by atoms with Crippen LogP contribution < -0.4 is 0 Å². The molecule has 0 unspecified atom stereocenters. The van der Waals surface area contributed by atoms with E-state index in [1.807, 2.05) is 25.1 Å². The Kier molecular flexibility index (Phi) is 2.22. The fourth-order valence-electron chi connectivity index (χ4n) is 1.86. The van der Waals surface area contributed by atoms with Crippen molar-refractivity contribution in [3.63, 3.8) is 0 Å². The van der Waals surface area contributed by atoms with Crippen molar-refractivity contribution < 1.29 is 9.90 Å². The Morgan fingerprint density at radius 3 is 2.75 bits per heavy atom. The van der Waals surface area contributed by atoms with E-state index in [1.54, 1.807) is 13.8 Å². The zero-order valence-corrected chi connectivity index (χ0v) is 9.53. The van der Waals surface area contributed by atoms with Crippen LogP contribution >= 0.6 is 0 Å². The highest BCUT2D eigenvalue weighted by molar-refractivity contribution is 5.92. The van der Waals surface area contributed by atoms with E-state index < -0.39 is 11.4 Å². The zero-order valence-electron chi connectivity index (χ0n) is 9.53. The first-order valence-corrected chi connectivity index (χ1v) is 5.12. The topological polar surface area (TPSA) is 66.0 Å². The molecule has 0 fully saturated rings. The van der Waals surface area contributed by atoms with Gasteiger partial charge in [0.05, 0.1) is 10.9 Å². The molecule has 0 atom stereocenters. The number of aryl methyl sites for hydroxylation is 1. The van der Waals surface area contributed by atoms with E-state index in [0.29, 0.717) is 0 Å². The molecule has 4 nitrogen and oxygen atoms in total. The molecular weight excluding hydrogens is 204 g/mol. The number of H-pyrrole nitrogens is 1. The van der Waals surface area contributed by atoms with Gasteiger partial charge in [0.25, 0.3) is 0 Å². The number of hydrogen-bond donors (Lipinski definition) is 2. The van der Waals surface area contributed by atoms with Crippen LogP contribution in [0.1, 0.15) is 25.1 Å². The van der Waals surface area contributed by atoms with Crippen molar-refractivity contribution in [3.05, 3.63) is 29.5 Å². The SMILES string of the molecule is Cc1[nH]nc2cccc(C(C)(C)C(=O)O)c12. The summed E-state index contributed by atoms with van der Waals surface area (Å²) in [5, 5.41) is 17.2. The zero-order chi connectivity index (χ0) is 11.9. The maximum absolute atomic E-state index is 11.3. The third-order valence-corrected chi connectivity index (χ3v) is 2.97. The first kappa shape index (κ1) is 10.7. The van der Waals surface area contributed by atoms with Crippen molar-refractivity contribution in [1.29, 1.82) is 0 Å². The second-order valence-electron chi connectivity index (χ2n) is 4.48. The lowest BCUT2D eigenvalue weighted by molar-refractivity contribution is -0.142. The molecule has 0 aliphatic carbocycles. The fourth-order valence-corrected chi connectivity index (χ4v) is 1.86. The highest BCUT2D eigenvalue weighted by atomic mass is 16.4. The van der Waals surface area contributed by atoms with E-state index in [1.165, 1.54) is 0 Å². The van der Waals surface area contributed by atoms with E-state index in [4.69, 9.17) is 0 Å². The number of rotatable bonds is 2. The highest BCUT2D eigenvalue weighted by Gasteiger charge is 2.31. The minimum Gasteiger partial charge on any atom is -0.481 e. The monoisotopic (exact) mass is 218 g/mol. The quantitative estimate of drug-likeness (QED) is 0.812. The highest BCUT2D eigenvalue weighted by Crippen LogP contribution is 2.31. The summed E-state index contributed by atoms with van der Waals surface area (Å²) < 4.78 is 0. The third kappa shape index (κ3) is 1.38. The van der Waals surface area contributed by atoms with Gasteiger partial charge in [-0.05, 0) is 32.4 Å². The molecule has 0 saturated heterocycles. The Hall–Kier alpha value is -1.84. The van der Waals surface area contributed by atoms with Gasteiger partial charge in [0, 0.05) is 11.1 Å². The molecule has 16 heavy (non-hydrogen) atoms. The summed E-state index contributed by atoms with van der Waals surface area (Å²) in [5.74, 6) is -0.833. The van der Waals surface area contributed by atoms with Crippen LogP contribution in [-0.2, 0) is 10.2 Å². The van der Waals surface area contributed by atoms with Gasteiger partial charge >= 0.3 is 5.97 Å². The van der Waals surface area contributed by atoms with Crippen LogP contribution in [0, 0.1) is 6.92 Å². The van der Waals surface area contributed by atoms with Crippen LogP contribution in [0.2, 0.25) is 0 Å². The molecular formula is C12H14N2O2. The minimum absolute atomic E-state index is 0.795. The average Bonchev–Trinajstić information content (AvgIpc) is 2.60. The molecule has 2 rings (SSSR count). The standard InChI is InChI=1S/C12H14N2O2/c1-7-10-8(12(2,3)11(15)16)5-4-6-9(10)14-13-7/h4-6H,1-3H3,(H,13,14)(H,15,16). The normalized spacial score (nSPS) is 11.9. The van der Waals surface area contributed by atoms with Crippen LogP contribution in [0.25, 0.3) is 10.9 Å². The molecule has 0 radical (unpaired) electrons. The maximum atomic E-state index is 11.3. The van der Waals surface area contributed by atoms with Gasteiger partial charge < -0.3 is 5.11 Å². The van der Waals surface area contributed by atoms with Crippen LogP contribution in [0.5, 0.6) is 0 Å². The number of hydrogen-bond acceptors (Lipinski definition) is 2. The van der Waals surface area contributed by atoms with E-state index in [0.717, 1.165) is 22.2 Å². The van der Waals surface area contributed by atoms with E-state index in [9.17, 15) is 9.90 Å². The minimum atomic E-state index is -0.909. The predicted octanol–water partition coefficient (Wildman–Crippen LogP) is 2.23. The number of aromatic amines is 1. The Morgan fingerprint density at radius 1 is 1.44 bits per heavy atom. The summed E-state index contributed by atoms with van der Waals surface area (Å²) in [4.78, 5) is 11.3. The van der Waals surface area contributed by atoms with Gasteiger partial charge in [0.1, 0.15) is 0 Å². The summed E-state index contributed by atoms with van der Waals surface area (Å²) in [5.41, 5.74) is 1.60. The van der Waals surface area contributed by atoms with Gasteiger partial charge in [-0.25, -0.2) is 0 Å². The molecule has 0 aliphatic rings. The summed E-state index contributed by atoms with van der Waals surface area (Å²) >= 11 is 0. The number of nitrogens with one attached hydrogen (secondary N) is 1. The Bertz CT molecular complexity index is 555. The van der Waals surface area contributed by atoms with E-state index >= 15 is 0 Å². The van der Waals surface area contributed by atoms with Gasteiger partial charge in [0.15, 0.2) is 0 Å². The fraction of sp³-hybridized carbons (Fsp3) is 0.333. The number of carboxylic acids is 1. The van der Waals surface area contributed by atoms with Gasteiger partial charge in [-0.2, -0.15) is 5.10 Å². The van der Waals surface area contributed by atoms with Crippen molar-refractivity contribution >= 4 is 16.9 Å². The lowest BCUT2D eigenvalue weighted by Gasteiger charge is -2.20. The summed E-state index contributed by atoms with van der Waals surface area (Å²) in [6, 6.07) is 5.56. The summed E-state index contributed by atoms with van der Waals surface area (Å²) in [7, 11) is 0. The van der Waals surface area contributed by atoms with Crippen molar-refractivity contribution in [2.45, 2.75) is 26.2 Å². The number of aromatic nitrogens is 2. The Labute approximate surface area is 93.3 Å². The first-order chi connectivity index (χ1) is 7.44. The Balaban J connectivity index is 2.78. The van der Waals surface area contributed by atoms with E-state index in [-0.39, 0.29) is 0 Å². The van der Waals surface area contributed by atoms with Gasteiger partial charge in [-0.15, -0.1) is 0 Å². The van der Waals surface area contributed by atoms with Crippen molar-refractivity contribution in [2.24, 2.45) is 0 Å². The number of carbonyl (C=O) groups is 1. The molecule has 0 saturated carbocycles. The second-order valence-corrected chi connectivity index (χ2v) is 4.48. The summed E-state index contributed by atoms with van der Waals surface area (Å²) in [6.45, 7) is 5.31. The molecule has 4 heteroatoms. The molecule has 0 amide bonds. The van der Waals surface area contributed by atoms with Gasteiger partial charge in [-0.3, -0.25) is 9.89 Å². The lowest BCUT2D eigenvalue weighted by Crippen LogP contribution is -2.28. The third-order valence-electron chi connectivity index (χ3n) is 2.97. The van der Waals surface area contributed by atoms with Crippen molar-refractivity contribution in [3.8, 4) is 0 Å². The van der Waals surface area contributed by atoms with Crippen LogP contribution in [0.15, 0.2) is 18.2 Å². The summed E-state index contributed by atoms with van der Waals surface area (Å²) in [6.07, 6.45) is 0. The molecule has 0 bridgehead atoms. The molecule has 2 aromatic rings. The van der Waals surface area contributed by atoms with Gasteiger partial charge in [0.2, 0.25) is 0 Å². The van der Waals surface area contributed by atoms with Crippen molar-refractivity contribution in [2.75, 3.05) is 0 Å². The second kappa shape index (κ2) is 3.33. The van der Waals surface area contributed by atoms with E-state index in [2.05, 4.69) is 10.2 Å². The number of fused-ring (bicyclic) bond motifs is 1. The van der Waals surface area contributed by atoms with Crippen molar-refractivity contribution in [1.82, 2.24) is 10.2 Å². The average molecular weight is 218 g/mol. The molecule has 1 heterocycles. The van der Waals surface area contributed by atoms with Crippen LogP contribution in [-0.4, -0.2) is 21.3 Å². The maximum Gasteiger partial charge on any atom is 0.313 e. The molecule has 84 valence electrons. The number of carboxylic acid groups (broad SMARTS) is 1. The number of aliphatic carboxylic acids is 1. The Morgan fingerprint density at radius 2 is 2.12 bits per heavy atom. The number of benzene rings is 1.